The van der Waals surface area contributed by atoms with Crippen LogP contribution >= 0.6 is 15.9 Å². The summed E-state index contributed by atoms with van der Waals surface area (Å²) in [6, 6.07) is 4.79. The number of nitrogens with zero attached hydrogens (tertiary/aromatic N) is 1. The summed E-state index contributed by atoms with van der Waals surface area (Å²) < 4.78 is 14.7. The van der Waals surface area contributed by atoms with Crippen LogP contribution in [0.5, 0.6) is 0 Å². The van der Waals surface area contributed by atoms with Crippen molar-refractivity contribution >= 4 is 21.7 Å². The maximum Gasteiger partial charge on any atom is 0.157 e. The second-order valence-electron chi connectivity index (χ2n) is 6.44. The van der Waals surface area contributed by atoms with Crippen molar-refractivity contribution in [3.05, 3.63) is 34.1 Å². The first-order valence-corrected chi connectivity index (χ1v) is 8.29. The second-order valence-corrected chi connectivity index (χ2v) is 7.36. The van der Waals surface area contributed by atoms with Gasteiger partial charge < -0.3 is 0 Å². The Morgan fingerprint density at radius 1 is 1.38 bits per heavy atom. The average Bonchev–Trinajstić information content (AvgIpc) is 2.43. The van der Waals surface area contributed by atoms with Gasteiger partial charge in [-0.05, 0) is 69.5 Å². The number of likely N-dealkylation sites (N-methyl/N-ethyl adjacent to an activating group) is 1. The Labute approximate surface area is 134 Å². The van der Waals surface area contributed by atoms with Crippen LogP contribution in [0.4, 0.5) is 4.39 Å². The summed E-state index contributed by atoms with van der Waals surface area (Å²) in [5.74, 6) is 0.509. The van der Waals surface area contributed by atoms with Crippen molar-refractivity contribution in [2.75, 3.05) is 14.1 Å². The zero-order chi connectivity index (χ0) is 15.6. The minimum absolute atomic E-state index is 0.136. The largest absolute Gasteiger partial charge is 0.297 e. The molecule has 1 fully saturated rings. The lowest BCUT2D eigenvalue weighted by molar-refractivity contribution is -0.131. The van der Waals surface area contributed by atoms with Gasteiger partial charge in [0.25, 0.3) is 0 Å². The van der Waals surface area contributed by atoms with E-state index < -0.39 is 5.54 Å². The van der Waals surface area contributed by atoms with E-state index in [0.29, 0.717) is 11.5 Å². The minimum atomic E-state index is -0.429. The molecule has 2 rings (SSSR count). The molecule has 0 heterocycles. The third-order valence-corrected chi connectivity index (χ3v) is 5.33. The highest BCUT2D eigenvalue weighted by Crippen LogP contribution is 2.37. The van der Waals surface area contributed by atoms with E-state index in [2.05, 4.69) is 22.9 Å². The first-order chi connectivity index (χ1) is 9.85. The lowest BCUT2D eigenvalue weighted by Crippen LogP contribution is -2.53. The van der Waals surface area contributed by atoms with Crippen molar-refractivity contribution in [3.8, 4) is 0 Å². The Morgan fingerprint density at radius 2 is 2.00 bits per heavy atom. The fourth-order valence-electron chi connectivity index (χ4n) is 3.23. The lowest BCUT2D eigenvalue weighted by Gasteiger charge is -2.43. The number of carbonyl (C=O) groups is 1. The van der Waals surface area contributed by atoms with E-state index in [9.17, 15) is 9.18 Å². The molecule has 1 saturated carbocycles. The van der Waals surface area contributed by atoms with Gasteiger partial charge in [-0.1, -0.05) is 22.9 Å². The van der Waals surface area contributed by atoms with Gasteiger partial charge in [0.1, 0.15) is 5.82 Å². The van der Waals surface area contributed by atoms with E-state index >= 15 is 0 Å². The number of halogens is 2. The Hall–Kier alpha value is -0.740. The van der Waals surface area contributed by atoms with Crippen LogP contribution in [-0.2, 0) is 11.2 Å². The maximum absolute atomic E-state index is 13.9. The topological polar surface area (TPSA) is 20.3 Å². The van der Waals surface area contributed by atoms with Crippen molar-refractivity contribution < 1.29 is 9.18 Å². The Bertz CT molecular complexity index is 522. The van der Waals surface area contributed by atoms with Crippen LogP contribution in [-0.4, -0.2) is 30.3 Å². The highest BCUT2D eigenvalue weighted by atomic mass is 79.9. The number of benzene rings is 1. The fourth-order valence-corrected chi connectivity index (χ4v) is 3.64. The molecule has 0 aromatic heterocycles. The molecule has 0 saturated heterocycles. The van der Waals surface area contributed by atoms with Crippen LogP contribution in [0.1, 0.15) is 38.2 Å². The molecule has 1 aliphatic carbocycles. The van der Waals surface area contributed by atoms with Crippen LogP contribution in [0.3, 0.4) is 0 Å². The van der Waals surface area contributed by atoms with Crippen molar-refractivity contribution in [2.45, 2.75) is 44.6 Å². The van der Waals surface area contributed by atoms with Crippen molar-refractivity contribution in [3.63, 3.8) is 0 Å². The molecule has 0 bridgehead atoms. The average molecular weight is 356 g/mol. The van der Waals surface area contributed by atoms with Crippen LogP contribution in [0, 0.1) is 11.7 Å². The third kappa shape index (κ3) is 3.54. The summed E-state index contributed by atoms with van der Waals surface area (Å²) in [4.78, 5) is 14.9. The summed E-state index contributed by atoms with van der Waals surface area (Å²) in [6.07, 6.45) is 4.03. The van der Waals surface area contributed by atoms with Gasteiger partial charge >= 0.3 is 0 Å². The molecule has 0 spiro atoms. The predicted molar refractivity (Wildman–Crippen MR) is 86.9 cm³/mol. The summed E-state index contributed by atoms with van der Waals surface area (Å²) in [6.45, 7) is 2.23. The summed E-state index contributed by atoms with van der Waals surface area (Å²) in [5.41, 5.74) is 0.0515. The van der Waals surface area contributed by atoms with E-state index in [-0.39, 0.29) is 18.0 Å². The monoisotopic (exact) mass is 355 g/mol. The van der Waals surface area contributed by atoms with E-state index in [1.807, 2.05) is 19.0 Å². The number of hydrogen-bond donors (Lipinski definition) is 0. The zero-order valence-electron chi connectivity index (χ0n) is 13.0. The van der Waals surface area contributed by atoms with E-state index in [0.717, 1.165) is 30.2 Å². The summed E-state index contributed by atoms with van der Waals surface area (Å²) in [5, 5.41) is 0. The first-order valence-electron chi connectivity index (χ1n) is 7.50. The number of hydrogen-bond acceptors (Lipinski definition) is 2. The molecular weight excluding hydrogens is 333 g/mol. The smallest absolute Gasteiger partial charge is 0.157 e. The van der Waals surface area contributed by atoms with Crippen LogP contribution < -0.4 is 0 Å². The van der Waals surface area contributed by atoms with Gasteiger partial charge in [0.05, 0.1) is 5.54 Å². The number of ketones is 1. The van der Waals surface area contributed by atoms with Crippen LogP contribution in [0.25, 0.3) is 0 Å². The molecule has 21 heavy (non-hydrogen) atoms. The Kier molecular flexibility index (Phi) is 5.20. The molecule has 1 aromatic carbocycles. The zero-order valence-corrected chi connectivity index (χ0v) is 14.5. The Morgan fingerprint density at radius 3 is 2.57 bits per heavy atom. The molecule has 0 radical (unpaired) electrons. The standard InChI is InChI=1S/C17H23BrFNO/c1-12-6-8-17(9-7-12,20(2)3)16(21)11-13-10-14(18)4-5-15(13)19/h4-5,10,12H,6-9,11H2,1-3H3. The lowest BCUT2D eigenvalue weighted by atomic mass is 9.72. The third-order valence-electron chi connectivity index (χ3n) is 4.84. The van der Waals surface area contributed by atoms with Crippen LogP contribution in [0.2, 0.25) is 0 Å². The molecule has 0 atom stereocenters. The number of rotatable bonds is 4. The van der Waals surface area contributed by atoms with Gasteiger partial charge in [-0.15, -0.1) is 0 Å². The highest BCUT2D eigenvalue weighted by molar-refractivity contribution is 9.10. The molecule has 1 aromatic rings. The normalized spacial score (nSPS) is 26.1. The van der Waals surface area contributed by atoms with E-state index in [1.54, 1.807) is 12.1 Å². The van der Waals surface area contributed by atoms with Gasteiger partial charge in [-0.3, -0.25) is 9.69 Å². The molecule has 2 nitrogen and oxygen atoms in total. The molecular formula is C17H23BrFNO. The molecule has 0 N–H and O–H groups in total. The molecule has 1 aliphatic rings. The number of Topliss-reactive ketones (excluding diaryl/α,β-unsaturated/α-hetero) is 1. The van der Waals surface area contributed by atoms with Crippen molar-refractivity contribution in [1.29, 1.82) is 0 Å². The van der Waals surface area contributed by atoms with Gasteiger partial charge in [0.15, 0.2) is 5.78 Å². The van der Waals surface area contributed by atoms with Crippen molar-refractivity contribution in [2.24, 2.45) is 5.92 Å². The first kappa shape index (κ1) is 16.6. The van der Waals surface area contributed by atoms with Crippen molar-refractivity contribution in [1.82, 2.24) is 4.90 Å². The van der Waals surface area contributed by atoms with Gasteiger partial charge in [0.2, 0.25) is 0 Å². The second kappa shape index (κ2) is 6.57. The predicted octanol–water partition coefficient (Wildman–Crippen LogP) is 4.21. The molecule has 0 aliphatic heterocycles. The van der Waals surface area contributed by atoms with E-state index in [4.69, 9.17) is 0 Å². The molecule has 116 valence electrons. The quantitative estimate of drug-likeness (QED) is 0.806. The maximum atomic E-state index is 13.9. The van der Waals surface area contributed by atoms with E-state index in [1.165, 1.54) is 6.07 Å². The number of carbonyl (C=O) groups excluding carboxylic acids is 1. The Balaban J connectivity index is 2.22. The molecule has 0 amide bonds. The molecule has 4 heteroatoms. The summed E-state index contributed by atoms with van der Waals surface area (Å²) >= 11 is 3.34. The molecule has 0 unspecified atom stereocenters. The van der Waals surface area contributed by atoms with Gasteiger partial charge in [-0.2, -0.15) is 0 Å². The fraction of sp³-hybridized carbons (Fsp3) is 0.588. The SMILES string of the molecule is CC1CCC(C(=O)Cc2cc(Br)ccc2F)(N(C)C)CC1. The van der Waals surface area contributed by atoms with Gasteiger partial charge in [-0.25, -0.2) is 4.39 Å². The van der Waals surface area contributed by atoms with Gasteiger partial charge in [0, 0.05) is 10.9 Å². The summed E-state index contributed by atoms with van der Waals surface area (Å²) in [7, 11) is 3.93. The van der Waals surface area contributed by atoms with Crippen LogP contribution in [0.15, 0.2) is 22.7 Å². The highest BCUT2D eigenvalue weighted by Gasteiger charge is 2.42. The minimum Gasteiger partial charge on any atom is -0.297 e.